The molecule has 0 bridgehead atoms. The van der Waals surface area contributed by atoms with E-state index in [0.717, 1.165) is 35.3 Å². The standard InChI is InChI=1S/C14H18O2/c1-4-16-13-8-9(2)12(7-10(13)3)14(15)11-5-6-11/h7-8,11H,4-6H2,1-3H3. The second-order valence-corrected chi connectivity index (χ2v) is 4.50. The summed E-state index contributed by atoms with van der Waals surface area (Å²) in [5.41, 5.74) is 2.96. The van der Waals surface area contributed by atoms with Crippen LogP contribution in [0.15, 0.2) is 12.1 Å². The molecule has 1 aliphatic rings. The molecule has 0 unspecified atom stereocenters. The van der Waals surface area contributed by atoms with Crippen molar-refractivity contribution < 1.29 is 9.53 Å². The summed E-state index contributed by atoms with van der Waals surface area (Å²) in [7, 11) is 0. The number of hydrogen-bond acceptors (Lipinski definition) is 2. The third kappa shape index (κ3) is 2.11. The Morgan fingerprint density at radius 1 is 1.31 bits per heavy atom. The van der Waals surface area contributed by atoms with Gasteiger partial charge in [0.2, 0.25) is 0 Å². The van der Waals surface area contributed by atoms with Crippen LogP contribution in [0.5, 0.6) is 5.75 Å². The molecule has 0 amide bonds. The molecule has 0 spiro atoms. The number of aryl methyl sites for hydroxylation is 2. The number of ketones is 1. The van der Waals surface area contributed by atoms with Gasteiger partial charge in [-0.1, -0.05) is 0 Å². The van der Waals surface area contributed by atoms with Crippen molar-refractivity contribution in [3.8, 4) is 5.75 Å². The maximum atomic E-state index is 12.0. The van der Waals surface area contributed by atoms with E-state index in [0.29, 0.717) is 12.4 Å². The maximum Gasteiger partial charge on any atom is 0.166 e. The lowest BCUT2D eigenvalue weighted by Gasteiger charge is -2.11. The second kappa shape index (κ2) is 4.28. The van der Waals surface area contributed by atoms with Crippen molar-refractivity contribution >= 4 is 5.78 Å². The van der Waals surface area contributed by atoms with Gasteiger partial charge in [-0.15, -0.1) is 0 Å². The zero-order chi connectivity index (χ0) is 11.7. The number of carbonyl (C=O) groups excluding carboxylic acids is 1. The van der Waals surface area contributed by atoms with Crippen LogP contribution in [0, 0.1) is 19.8 Å². The fourth-order valence-corrected chi connectivity index (χ4v) is 1.93. The number of rotatable bonds is 4. The average molecular weight is 218 g/mol. The normalized spacial score (nSPS) is 14.9. The minimum atomic E-state index is 0.288. The Morgan fingerprint density at radius 2 is 2.00 bits per heavy atom. The highest BCUT2D eigenvalue weighted by molar-refractivity contribution is 6.00. The molecule has 1 aliphatic carbocycles. The van der Waals surface area contributed by atoms with Crippen LogP contribution in [0.1, 0.15) is 41.3 Å². The summed E-state index contributed by atoms with van der Waals surface area (Å²) in [5.74, 6) is 1.49. The number of hydrogen-bond donors (Lipinski definition) is 0. The minimum Gasteiger partial charge on any atom is -0.494 e. The van der Waals surface area contributed by atoms with Gasteiger partial charge in [0.1, 0.15) is 5.75 Å². The largest absolute Gasteiger partial charge is 0.494 e. The summed E-state index contributed by atoms with van der Waals surface area (Å²) >= 11 is 0. The molecule has 1 aromatic rings. The van der Waals surface area contributed by atoms with E-state index in [1.54, 1.807) is 0 Å². The molecule has 1 aromatic carbocycles. The van der Waals surface area contributed by atoms with Gasteiger partial charge in [0.15, 0.2) is 5.78 Å². The van der Waals surface area contributed by atoms with E-state index >= 15 is 0 Å². The summed E-state index contributed by atoms with van der Waals surface area (Å²) in [5, 5.41) is 0. The predicted octanol–water partition coefficient (Wildman–Crippen LogP) is 3.29. The molecule has 0 heterocycles. The third-order valence-corrected chi connectivity index (χ3v) is 3.04. The van der Waals surface area contributed by atoms with Gasteiger partial charge in [0.25, 0.3) is 0 Å². The van der Waals surface area contributed by atoms with Crippen LogP contribution >= 0.6 is 0 Å². The molecule has 0 aromatic heterocycles. The van der Waals surface area contributed by atoms with E-state index in [2.05, 4.69) is 0 Å². The van der Waals surface area contributed by atoms with E-state index in [4.69, 9.17) is 4.74 Å². The fourth-order valence-electron chi connectivity index (χ4n) is 1.93. The molecule has 16 heavy (non-hydrogen) atoms. The van der Waals surface area contributed by atoms with Gasteiger partial charge in [0.05, 0.1) is 6.61 Å². The number of ether oxygens (including phenoxy) is 1. The Morgan fingerprint density at radius 3 is 2.56 bits per heavy atom. The molecule has 0 radical (unpaired) electrons. The van der Waals surface area contributed by atoms with Crippen molar-refractivity contribution in [1.29, 1.82) is 0 Å². The Labute approximate surface area is 96.6 Å². The summed E-state index contributed by atoms with van der Waals surface area (Å²) in [6, 6.07) is 3.95. The molecular weight excluding hydrogens is 200 g/mol. The molecule has 1 fully saturated rings. The molecule has 1 saturated carbocycles. The van der Waals surface area contributed by atoms with E-state index in [9.17, 15) is 4.79 Å². The first-order valence-electron chi connectivity index (χ1n) is 5.91. The lowest BCUT2D eigenvalue weighted by Crippen LogP contribution is -2.05. The lowest BCUT2D eigenvalue weighted by atomic mass is 9.99. The molecule has 0 aliphatic heterocycles. The lowest BCUT2D eigenvalue weighted by molar-refractivity contribution is 0.0967. The average Bonchev–Trinajstić information content (AvgIpc) is 3.06. The third-order valence-electron chi connectivity index (χ3n) is 3.04. The second-order valence-electron chi connectivity index (χ2n) is 4.50. The van der Waals surface area contributed by atoms with Crippen LogP contribution in [-0.2, 0) is 0 Å². The Balaban J connectivity index is 2.32. The van der Waals surface area contributed by atoms with Crippen molar-refractivity contribution in [2.75, 3.05) is 6.61 Å². The molecule has 0 saturated heterocycles. The van der Waals surface area contributed by atoms with Crippen LogP contribution in [-0.4, -0.2) is 12.4 Å². The minimum absolute atomic E-state index is 0.288. The van der Waals surface area contributed by atoms with Crippen molar-refractivity contribution in [2.45, 2.75) is 33.6 Å². The van der Waals surface area contributed by atoms with Gasteiger partial charge in [-0.3, -0.25) is 4.79 Å². The first-order chi connectivity index (χ1) is 7.63. The van der Waals surface area contributed by atoms with E-state index < -0.39 is 0 Å². The highest BCUT2D eigenvalue weighted by Crippen LogP contribution is 2.34. The highest BCUT2D eigenvalue weighted by Gasteiger charge is 2.31. The van der Waals surface area contributed by atoms with Gasteiger partial charge in [-0.05, 0) is 56.9 Å². The molecule has 0 atom stereocenters. The first kappa shape index (κ1) is 11.2. The Bertz CT molecular complexity index is 417. The monoisotopic (exact) mass is 218 g/mol. The summed E-state index contributed by atoms with van der Waals surface area (Å²) in [4.78, 5) is 12.0. The van der Waals surface area contributed by atoms with Crippen LogP contribution in [0.25, 0.3) is 0 Å². The van der Waals surface area contributed by atoms with Crippen LogP contribution in [0.2, 0.25) is 0 Å². The molecule has 0 N–H and O–H groups in total. The Hall–Kier alpha value is -1.31. The van der Waals surface area contributed by atoms with E-state index in [1.165, 1.54) is 0 Å². The van der Waals surface area contributed by atoms with Crippen molar-refractivity contribution in [3.05, 3.63) is 28.8 Å². The summed E-state index contributed by atoms with van der Waals surface area (Å²) < 4.78 is 5.52. The first-order valence-corrected chi connectivity index (χ1v) is 5.91. The van der Waals surface area contributed by atoms with Gasteiger partial charge in [-0.2, -0.15) is 0 Å². The molecular formula is C14H18O2. The number of carbonyl (C=O) groups is 1. The van der Waals surface area contributed by atoms with E-state index in [1.807, 2.05) is 32.9 Å². The topological polar surface area (TPSA) is 26.3 Å². The Kier molecular flexibility index (Phi) is 2.99. The summed E-state index contributed by atoms with van der Waals surface area (Å²) in [6.07, 6.45) is 2.12. The van der Waals surface area contributed by atoms with Crippen LogP contribution < -0.4 is 4.74 Å². The summed E-state index contributed by atoms with van der Waals surface area (Å²) in [6.45, 7) is 6.61. The van der Waals surface area contributed by atoms with Crippen molar-refractivity contribution in [1.82, 2.24) is 0 Å². The van der Waals surface area contributed by atoms with Gasteiger partial charge in [-0.25, -0.2) is 0 Å². The van der Waals surface area contributed by atoms with Gasteiger partial charge >= 0.3 is 0 Å². The van der Waals surface area contributed by atoms with Crippen LogP contribution in [0.3, 0.4) is 0 Å². The van der Waals surface area contributed by atoms with Gasteiger partial charge in [0, 0.05) is 11.5 Å². The van der Waals surface area contributed by atoms with Gasteiger partial charge < -0.3 is 4.74 Å². The quantitative estimate of drug-likeness (QED) is 0.725. The fraction of sp³-hybridized carbons (Fsp3) is 0.500. The van der Waals surface area contributed by atoms with Crippen molar-refractivity contribution in [2.24, 2.45) is 5.92 Å². The van der Waals surface area contributed by atoms with Crippen LogP contribution in [0.4, 0.5) is 0 Å². The smallest absolute Gasteiger partial charge is 0.166 e. The molecule has 2 heteroatoms. The predicted molar refractivity (Wildman–Crippen MR) is 64.1 cm³/mol. The zero-order valence-corrected chi connectivity index (χ0v) is 10.2. The SMILES string of the molecule is CCOc1cc(C)c(C(=O)C2CC2)cc1C. The number of Topliss-reactive ketones (excluding diaryl/α,β-unsaturated/α-hetero) is 1. The maximum absolute atomic E-state index is 12.0. The van der Waals surface area contributed by atoms with Crippen molar-refractivity contribution in [3.63, 3.8) is 0 Å². The zero-order valence-electron chi connectivity index (χ0n) is 10.2. The number of benzene rings is 1. The van der Waals surface area contributed by atoms with E-state index in [-0.39, 0.29) is 5.92 Å². The molecule has 86 valence electrons. The molecule has 2 nitrogen and oxygen atoms in total. The molecule has 2 rings (SSSR count). The highest BCUT2D eigenvalue weighted by atomic mass is 16.5.